The first-order chi connectivity index (χ1) is 9.95. The molecule has 2 aromatic rings. The lowest BCUT2D eigenvalue weighted by Crippen LogP contribution is -2.30. The van der Waals surface area contributed by atoms with E-state index < -0.39 is 4.92 Å². The van der Waals surface area contributed by atoms with Gasteiger partial charge in [0.25, 0.3) is 0 Å². The van der Waals surface area contributed by atoms with Crippen LogP contribution in [0.1, 0.15) is 18.5 Å². The van der Waals surface area contributed by atoms with Crippen LogP contribution < -0.4 is 5.32 Å². The van der Waals surface area contributed by atoms with Crippen molar-refractivity contribution in [3.8, 4) is 0 Å². The first-order valence-corrected chi connectivity index (χ1v) is 6.96. The minimum atomic E-state index is -0.550. The molecule has 1 aromatic carbocycles. The quantitative estimate of drug-likeness (QED) is 0.660. The van der Waals surface area contributed by atoms with Gasteiger partial charge in [0.2, 0.25) is 5.91 Å². The average molecular weight is 353 g/mol. The van der Waals surface area contributed by atoms with Gasteiger partial charge in [0.05, 0.1) is 11.0 Å². The van der Waals surface area contributed by atoms with E-state index in [1.807, 2.05) is 31.2 Å². The molecule has 0 saturated heterocycles. The third-order valence-corrected chi connectivity index (χ3v) is 3.41. The van der Waals surface area contributed by atoms with Crippen LogP contribution in [0, 0.1) is 10.1 Å². The van der Waals surface area contributed by atoms with Crippen LogP contribution in [0.3, 0.4) is 0 Å². The highest BCUT2D eigenvalue weighted by molar-refractivity contribution is 9.10. The molecule has 1 N–H and O–H groups in total. The van der Waals surface area contributed by atoms with Crippen LogP contribution in [0.15, 0.2) is 41.1 Å². The molecule has 0 radical (unpaired) electrons. The van der Waals surface area contributed by atoms with E-state index in [1.54, 1.807) is 0 Å². The maximum absolute atomic E-state index is 11.9. The van der Waals surface area contributed by atoms with Gasteiger partial charge < -0.3 is 5.32 Å². The molecule has 0 fully saturated rings. The fourth-order valence-corrected chi connectivity index (χ4v) is 2.07. The molecule has 0 bridgehead atoms. The lowest BCUT2D eigenvalue weighted by atomic mass is 10.1. The highest BCUT2D eigenvalue weighted by Gasteiger charge is 2.13. The number of nitrogens with zero attached hydrogens (tertiary/aromatic N) is 3. The second-order valence-corrected chi connectivity index (χ2v) is 5.41. The first-order valence-electron chi connectivity index (χ1n) is 6.17. The van der Waals surface area contributed by atoms with Crippen molar-refractivity contribution in [3.05, 3.63) is 56.8 Å². The molecule has 0 saturated carbocycles. The largest absolute Gasteiger partial charge is 0.348 e. The van der Waals surface area contributed by atoms with Crippen LogP contribution in [0.4, 0.5) is 5.69 Å². The van der Waals surface area contributed by atoms with Gasteiger partial charge in [-0.2, -0.15) is 5.10 Å². The molecule has 1 amide bonds. The van der Waals surface area contributed by atoms with Gasteiger partial charge in [-0.05, 0) is 24.6 Å². The summed E-state index contributed by atoms with van der Waals surface area (Å²) in [6.45, 7) is 1.81. The van der Waals surface area contributed by atoms with Crippen molar-refractivity contribution in [2.45, 2.75) is 19.5 Å². The zero-order valence-corrected chi connectivity index (χ0v) is 12.8. The Morgan fingerprint density at radius 3 is 2.71 bits per heavy atom. The predicted molar refractivity (Wildman–Crippen MR) is 79.6 cm³/mol. The lowest BCUT2D eigenvalue weighted by molar-refractivity contribution is -0.385. The molecule has 21 heavy (non-hydrogen) atoms. The number of hydrogen-bond acceptors (Lipinski definition) is 4. The molecule has 0 spiro atoms. The Kier molecular flexibility index (Phi) is 4.69. The van der Waals surface area contributed by atoms with Crippen molar-refractivity contribution in [1.82, 2.24) is 15.1 Å². The third kappa shape index (κ3) is 4.12. The molecule has 1 heterocycles. The lowest BCUT2D eigenvalue weighted by Gasteiger charge is -2.14. The van der Waals surface area contributed by atoms with Gasteiger partial charge in [0.1, 0.15) is 18.9 Å². The van der Waals surface area contributed by atoms with E-state index in [1.165, 1.54) is 10.9 Å². The van der Waals surface area contributed by atoms with E-state index in [9.17, 15) is 14.9 Å². The van der Waals surface area contributed by atoms with Gasteiger partial charge in [-0.25, -0.2) is 0 Å². The summed E-state index contributed by atoms with van der Waals surface area (Å²) in [6.07, 6.45) is 2.34. The summed E-state index contributed by atoms with van der Waals surface area (Å²) in [5, 5.41) is 17.1. The van der Waals surface area contributed by atoms with Crippen molar-refractivity contribution in [1.29, 1.82) is 0 Å². The fourth-order valence-electron chi connectivity index (χ4n) is 1.80. The number of carbonyl (C=O) groups excluding carboxylic acids is 1. The van der Waals surface area contributed by atoms with E-state index in [4.69, 9.17) is 0 Å². The predicted octanol–water partition coefficient (Wildman–Crippen LogP) is 2.43. The van der Waals surface area contributed by atoms with E-state index in [0.29, 0.717) is 0 Å². The van der Waals surface area contributed by atoms with E-state index >= 15 is 0 Å². The topological polar surface area (TPSA) is 90.1 Å². The molecular weight excluding hydrogens is 340 g/mol. The monoisotopic (exact) mass is 352 g/mol. The summed E-state index contributed by atoms with van der Waals surface area (Å²) in [6, 6.07) is 7.46. The minimum absolute atomic E-state index is 0.0608. The van der Waals surface area contributed by atoms with Crippen LogP contribution in [-0.2, 0) is 11.3 Å². The Morgan fingerprint density at radius 1 is 1.48 bits per heavy atom. The SMILES string of the molecule is CC(NC(=O)Cn1cc([N+](=O)[O-])cn1)c1ccc(Br)cc1. The minimum Gasteiger partial charge on any atom is -0.348 e. The van der Waals surface area contributed by atoms with Gasteiger partial charge in [0.15, 0.2) is 0 Å². The van der Waals surface area contributed by atoms with Gasteiger partial charge in [0, 0.05) is 4.47 Å². The van der Waals surface area contributed by atoms with E-state index in [0.717, 1.165) is 16.2 Å². The Labute approximate surface area is 129 Å². The number of amides is 1. The smallest absolute Gasteiger partial charge is 0.307 e. The van der Waals surface area contributed by atoms with E-state index in [2.05, 4.69) is 26.3 Å². The number of hydrogen-bond donors (Lipinski definition) is 1. The van der Waals surface area contributed by atoms with Crippen LogP contribution in [0.5, 0.6) is 0 Å². The van der Waals surface area contributed by atoms with Gasteiger partial charge in [-0.1, -0.05) is 28.1 Å². The zero-order chi connectivity index (χ0) is 15.4. The Hall–Kier alpha value is -2.22. The van der Waals surface area contributed by atoms with Crippen molar-refractivity contribution >= 4 is 27.5 Å². The fraction of sp³-hybridized carbons (Fsp3) is 0.231. The van der Waals surface area contributed by atoms with E-state index in [-0.39, 0.29) is 24.2 Å². The van der Waals surface area contributed by atoms with Gasteiger partial charge in [-0.3, -0.25) is 19.6 Å². The number of aromatic nitrogens is 2. The highest BCUT2D eigenvalue weighted by Crippen LogP contribution is 2.16. The van der Waals surface area contributed by atoms with Gasteiger partial charge >= 0.3 is 5.69 Å². The molecule has 0 aliphatic heterocycles. The molecule has 0 aliphatic rings. The number of rotatable bonds is 5. The number of nitro groups is 1. The number of halogens is 1. The molecule has 8 heteroatoms. The Balaban J connectivity index is 1.94. The standard InChI is InChI=1S/C13H13BrN4O3/c1-9(10-2-4-11(14)5-3-10)16-13(19)8-17-7-12(6-15-17)18(20)21/h2-7,9H,8H2,1H3,(H,16,19). The van der Waals surface area contributed by atoms with Crippen molar-refractivity contribution in [2.24, 2.45) is 0 Å². The summed E-state index contributed by atoms with van der Waals surface area (Å²) in [7, 11) is 0. The van der Waals surface area contributed by atoms with Crippen molar-refractivity contribution < 1.29 is 9.72 Å². The molecule has 2 rings (SSSR count). The summed E-state index contributed by atoms with van der Waals surface area (Å²) >= 11 is 3.35. The summed E-state index contributed by atoms with van der Waals surface area (Å²) in [5.41, 5.74) is 0.835. The van der Waals surface area contributed by atoms with Crippen molar-refractivity contribution in [2.75, 3.05) is 0 Å². The maximum atomic E-state index is 11.9. The molecule has 0 aliphatic carbocycles. The number of benzene rings is 1. The zero-order valence-electron chi connectivity index (χ0n) is 11.2. The molecule has 1 unspecified atom stereocenters. The summed E-state index contributed by atoms with van der Waals surface area (Å²) in [5.74, 6) is -0.261. The van der Waals surface area contributed by atoms with Crippen LogP contribution in [0.2, 0.25) is 0 Å². The second-order valence-electron chi connectivity index (χ2n) is 4.49. The van der Waals surface area contributed by atoms with Crippen molar-refractivity contribution in [3.63, 3.8) is 0 Å². The van der Waals surface area contributed by atoms with Gasteiger partial charge in [-0.15, -0.1) is 0 Å². The van der Waals surface area contributed by atoms with Crippen LogP contribution in [-0.4, -0.2) is 20.6 Å². The number of nitrogens with one attached hydrogen (secondary N) is 1. The first kappa shape index (κ1) is 15.2. The maximum Gasteiger partial charge on any atom is 0.307 e. The Morgan fingerprint density at radius 2 is 2.14 bits per heavy atom. The van der Waals surface area contributed by atoms with Crippen LogP contribution >= 0.6 is 15.9 Å². The Bertz CT molecular complexity index is 654. The molecule has 110 valence electrons. The highest BCUT2D eigenvalue weighted by atomic mass is 79.9. The van der Waals surface area contributed by atoms with Crippen LogP contribution in [0.25, 0.3) is 0 Å². The second kappa shape index (κ2) is 6.49. The molecule has 1 atom stereocenters. The average Bonchev–Trinajstić information content (AvgIpc) is 2.87. The number of carbonyl (C=O) groups is 1. The third-order valence-electron chi connectivity index (χ3n) is 2.88. The molecular formula is C13H13BrN4O3. The normalized spacial score (nSPS) is 11.9. The summed E-state index contributed by atoms with van der Waals surface area (Å²) in [4.78, 5) is 21.9. The molecule has 7 nitrogen and oxygen atoms in total. The summed E-state index contributed by atoms with van der Waals surface area (Å²) < 4.78 is 2.20. The molecule has 1 aromatic heterocycles.